The molecule has 1 saturated heterocycles. The Kier molecular flexibility index (Phi) is 7.47. The molecule has 2 heterocycles. The minimum Gasteiger partial charge on any atom is -0.497 e. The maximum Gasteiger partial charge on any atom is 0.282 e. The first kappa shape index (κ1) is 22.4. The van der Waals surface area contributed by atoms with Gasteiger partial charge in [0, 0.05) is 39.3 Å². The largest absolute Gasteiger partial charge is 0.497 e. The van der Waals surface area contributed by atoms with Crippen molar-refractivity contribution in [1.82, 2.24) is 25.3 Å². The van der Waals surface area contributed by atoms with Gasteiger partial charge in [0.1, 0.15) is 10.8 Å². The Morgan fingerprint density at radius 1 is 0.938 bits per heavy atom. The predicted molar refractivity (Wildman–Crippen MR) is 126 cm³/mol. The number of hydrogen-bond donors (Lipinski definition) is 1. The SMILES string of the molecule is COc1ccc(CN2CCN(Cc3nnc(C(=O)NCc4ccc(C)cc4)s3)CC2)cc1. The van der Waals surface area contributed by atoms with Crippen LogP contribution in [0.25, 0.3) is 0 Å². The van der Waals surface area contributed by atoms with E-state index in [9.17, 15) is 4.79 Å². The Hall–Kier alpha value is -2.81. The van der Waals surface area contributed by atoms with Crippen LogP contribution < -0.4 is 10.1 Å². The zero-order valence-electron chi connectivity index (χ0n) is 18.6. The van der Waals surface area contributed by atoms with Crippen molar-refractivity contribution >= 4 is 17.2 Å². The standard InChI is InChI=1S/C24H29N5O2S/c1-18-3-5-19(6-4-18)15-25-23(30)24-27-26-22(32-24)17-29-13-11-28(12-14-29)16-20-7-9-21(31-2)10-8-20/h3-10H,11-17H2,1-2H3,(H,25,30). The number of nitrogens with zero attached hydrogens (tertiary/aromatic N) is 4. The van der Waals surface area contributed by atoms with Gasteiger partial charge in [-0.25, -0.2) is 0 Å². The minimum absolute atomic E-state index is 0.168. The van der Waals surface area contributed by atoms with Gasteiger partial charge in [-0.1, -0.05) is 53.3 Å². The lowest BCUT2D eigenvalue weighted by Gasteiger charge is -2.34. The third-order valence-corrected chi connectivity index (χ3v) is 6.53. The molecule has 1 aliphatic heterocycles. The summed E-state index contributed by atoms with van der Waals surface area (Å²) in [5.41, 5.74) is 3.57. The number of piperazine rings is 1. The molecule has 1 N–H and O–H groups in total. The lowest BCUT2D eigenvalue weighted by molar-refractivity contribution is 0.0950. The highest BCUT2D eigenvalue weighted by molar-refractivity contribution is 7.13. The molecule has 0 saturated carbocycles. The van der Waals surface area contributed by atoms with Gasteiger partial charge in [-0.05, 0) is 30.2 Å². The molecule has 0 atom stereocenters. The molecule has 2 aromatic carbocycles. The van der Waals surface area contributed by atoms with Crippen molar-refractivity contribution in [3.05, 3.63) is 75.2 Å². The lowest BCUT2D eigenvalue weighted by Crippen LogP contribution is -2.45. The Morgan fingerprint density at radius 3 is 2.22 bits per heavy atom. The second-order valence-electron chi connectivity index (χ2n) is 8.07. The summed E-state index contributed by atoms with van der Waals surface area (Å²) >= 11 is 1.38. The molecular weight excluding hydrogens is 422 g/mol. The third-order valence-electron chi connectivity index (χ3n) is 5.62. The number of rotatable bonds is 8. The number of nitrogens with one attached hydrogen (secondary N) is 1. The van der Waals surface area contributed by atoms with Crippen LogP contribution in [0.5, 0.6) is 5.75 Å². The van der Waals surface area contributed by atoms with Gasteiger partial charge in [0.05, 0.1) is 13.7 Å². The number of aryl methyl sites for hydroxylation is 1. The van der Waals surface area contributed by atoms with Crippen molar-refractivity contribution in [2.75, 3.05) is 33.3 Å². The highest BCUT2D eigenvalue weighted by Gasteiger charge is 2.20. The van der Waals surface area contributed by atoms with Gasteiger partial charge < -0.3 is 10.1 Å². The molecule has 0 unspecified atom stereocenters. The molecule has 1 aromatic heterocycles. The zero-order chi connectivity index (χ0) is 22.3. The molecule has 0 spiro atoms. The average Bonchev–Trinajstić information content (AvgIpc) is 3.29. The quantitative estimate of drug-likeness (QED) is 0.568. The molecular formula is C24H29N5O2S. The Morgan fingerprint density at radius 2 is 1.56 bits per heavy atom. The summed E-state index contributed by atoms with van der Waals surface area (Å²) in [4.78, 5) is 17.3. The molecule has 0 radical (unpaired) electrons. The van der Waals surface area contributed by atoms with Gasteiger partial charge in [0.15, 0.2) is 0 Å². The van der Waals surface area contributed by atoms with Crippen LogP contribution >= 0.6 is 11.3 Å². The van der Waals surface area contributed by atoms with Crippen molar-refractivity contribution in [1.29, 1.82) is 0 Å². The molecule has 32 heavy (non-hydrogen) atoms. The summed E-state index contributed by atoms with van der Waals surface area (Å²) in [5, 5.41) is 12.6. The molecule has 0 aliphatic carbocycles. The fourth-order valence-corrected chi connectivity index (χ4v) is 4.46. The molecule has 1 fully saturated rings. The number of ether oxygens (including phenoxy) is 1. The van der Waals surface area contributed by atoms with Crippen LogP contribution in [0, 0.1) is 6.92 Å². The van der Waals surface area contributed by atoms with Gasteiger partial charge >= 0.3 is 0 Å². The third kappa shape index (κ3) is 6.12. The maximum atomic E-state index is 12.4. The van der Waals surface area contributed by atoms with Crippen LogP contribution in [-0.4, -0.2) is 59.2 Å². The first-order valence-corrected chi connectivity index (χ1v) is 11.6. The second kappa shape index (κ2) is 10.7. The van der Waals surface area contributed by atoms with E-state index >= 15 is 0 Å². The van der Waals surface area contributed by atoms with Crippen molar-refractivity contribution < 1.29 is 9.53 Å². The average molecular weight is 452 g/mol. The van der Waals surface area contributed by atoms with Gasteiger partial charge in [0.25, 0.3) is 5.91 Å². The van der Waals surface area contributed by atoms with Gasteiger partial charge in [-0.15, -0.1) is 10.2 Å². The van der Waals surface area contributed by atoms with E-state index in [1.165, 1.54) is 22.5 Å². The number of carbonyl (C=O) groups excluding carboxylic acids is 1. The predicted octanol–water partition coefficient (Wildman–Crippen LogP) is 3.10. The van der Waals surface area contributed by atoms with E-state index in [-0.39, 0.29) is 5.91 Å². The van der Waals surface area contributed by atoms with Gasteiger partial charge in [-0.3, -0.25) is 14.6 Å². The number of methoxy groups -OCH3 is 1. The van der Waals surface area contributed by atoms with Gasteiger partial charge in [0.2, 0.25) is 5.01 Å². The van der Waals surface area contributed by atoms with E-state index in [4.69, 9.17) is 4.74 Å². The second-order valence-corrected chi connectivity index (χ2v) is 9.13. The van der Waals surface area contributed by atoms with Crippen molar-refractivity contribution in [2.45, 2.75) is 26.6 Å². The van der Waals surface area contributed by atoms with Crippen LogP contribution in [-0.2, 0) is 19.6 Å². The van der Waals surface area contributed by atoms with E-state index in [1.807, 2.05) is 43.3 Å². The molecule has 1 amide bonds. The summed E-state index contributed by atoms with van der Waals surface area (Å²) in [6, 6.07) is 16.4. The molecule has 4 rings (SSSR count). The first-order chi connectivity index (χ1) is 15.6. The number of benzene rings is 2. The Labute approximate surface area is 193 Å². The van der Waals surface area contributed by atoms with Gasteiger partial charge in [-0.2, -0.15) is 0 Å². The fraction of sp³-hybridized carbons (Fsp3) is 0.375. The van der Waals surface area contributed by atoms with Crippen molar-refractivity contribution in [3.63, 3.8) is 0 Å². The smallest absolute Gasteiger partial charge is 0.282 e. The Bertz CT molecular complexity index is 1010. The molecule has 3 aromatic rings. The van der Waals surface area contributed by atoms with E-state index in [2.05, 4.69) is 37.4 Å². The summed E-state index contributed by atoms with van der Waals surface area (Å²) in [6.45, 7) is 8.19. The molecule has 0 bridgehead atoms. The summed E-state index contributed by atoms with van der Waals surface area (Å²) in [7, 11) is 1.69. The van der Waals surface area contributed by atoms with Crippen LogP contribution in [0.4, 0.5) is 0 Å². The lowest BCUT2D eigenvalue weighted by atomic mass is 10.1. The molecule has 8 heteroatoms. The summed E-state index contributed by atoms with van der Waals surface area (Å²) < 4.78 is 5.23. The highest BCUT2D eigenvalue weighted by atomic mass is 32.1. The van der Waals surface area contributed by atoms with Crippen LogP contribution in [0.2, 0.25) is 0 Å². The van der Waals surface area contributed by atoms with Crippen molar-refractivity contribution in [2.24, 2.45) is 0 Å². The summed E-state index contributed by atoms with van der Waals surface area (Å²) in [5.74, 6) is 0.720. The van der Waals surface area contributed by atoms with Crippen LogP contribution in [0.3, 0.4) is 0 Å². The molecule has 7 nitrogen and oxygen atoms in total. The highest BCUT2D eigenvalue weighted by Crippen LogP contribution is 2.17. The van der Waals surface area contributed by atoms with E-state index in [0.29, 0.717) is 11.6 Å². The number of amides is 1. The number of carbonyl (C=O) groups is 1. The van der Waals surface area contributed by atoms with E-state index < -0.39 is 0 Å². The maximum absolute atomic E-state index is 12.4. The monoisotopic (exact) mass is 451 g/mol. The molecule has 168 valence electrons. The Balaban J connectivity index is 1.21. The molecule has 1 aliphatic rings. The fourth-order valence-electron chi connectivity index (χ4n) is 3.66. The van der Waals surface area contributed by atoms with Crippen LogP contribution in [0.1, 0.15) is 31.5 Å². The van der Waals surface area contributed by atoms with E-state index in [1.54, 1.807) is 7.11 Å². The minimum atomic E-state index is -0.168. The zero-order valence-corrected chi connectivity index (χ0v) is 19.4. The number of aromatic nitrogens is 2. The van der Waals surface area contributed by atoms with E-state index in [0.717, 1.165) is 55.6 Å². The summed E-state index contributed by atoms with van der Waals surface area (Å²) in [6.07, 6.45) is 0. The normalized spacial score (nSPS) is 14.9. The van der Waals surface area contributed by atoms with Crippen LogP contribution in [0.15, 0.2) is 48.5 Å². The first-order valence-electron chi connectivity index (χ1n) is 10.8. The van der Waals surface area contributed by atoms with Crippen molar-refractivity contribution in [3.8, 4) is 5.75 Å². The number of hydrogen-bond acceptors (Lipinski definition) is 7. The topological polar surface area (TPSA) is 70.6 Å².